The maximum absolute atomic E-state index is 13.1. The van der Waals surface area contributed by atoms with Gasteiger partial charge in [-0.2, -0.15) is 0 Å². The summed E-state index contributed by atoms with van der Waals surface area (Å²) in [5, 5.41) is 0. The van der Waals surface area contributed by atoms with Gasteiger partial charge in [0, 0.05) is 24.6 Å². The molecular weight excluding hydrogens is 212 g/mol. The van der Waals surface area contributed by atoms with Crippen molar-refractivity contribution in [2.75, 3.05) is 13.7 Å². The predicted molar refractivity (Wildman–Crippen MR) is 58.9 cm³/mol. The van der Waals surface area contributed by atoms with Gasteiger partial charge in [0.1, 0.15) is 11.6 Å². The molecule has 0 heterocycles. The normalized spacial score (nSPS) is 16.9. The Hall–Kier alpha value is -1.00. The van der Waals surface area contributed by atoms with Gasteiger partial charge in [-0.25, -0.2) is 8.78 Å². The zero-order valence-corrected chi connectivity index (χ0v) is 9.76. The standard InChI is InChI=1S/C12H17F2NO/c1-8(7-16-3)12(2,15)9-4-10(13)6-11(14)5-9/h4-6,8H,7,15H2,1-3H3. The molecule has 0 bridgehead atoms. The third kappa shape index (κ3) is 2.77. The Morgan fingerprint density at radius 3 is 2.25 bits per heavy atom. The molecule has 4 heteroatoms. The molecule has 1 aromatic carbocycles. The quantitative estimate of drug-likeness (QED) is 0.860. The molecule has 1 aromatic rings. The molecule has 2 atom stereocenters. The van der Waals surface area contributed by atoms with Gasteiger partial charge in [0.15, 0.2) is 0 Å². The predicted octanol–water partition coefficient (Wildman–Crippen LogP) is 2.42. The third-order valence-corrected chi connectivity index (χ3v) is 2.92. The molecule has 90 valence electrons. The molecule has 0 aliphatic heterocycles. The first-order valence-electron chi connectivity index (χ1n) is 5.12. The van der Waals surface area contributed by atoms with E-state index in [2.05, 4.69) is 0 Å². The Labute approximate surface area is 94.4 Å². The first kappa shape index (κ1) is 13.1. The van der Waals surface area contributed by atoms with E-state index in [-0.39, 0.29) is 5.92 Å². The molecule has 0 saturated carbocycles. The topological polar surface area (TPSA) is 35.2 Å². The molecule has 0 aromatic heterocycles. The smallest absolute Gasteiger partial charge is 0.126 e. The molecule has 1 rings (SSSR count). The van der Waals surface area contributed by atoms with Crippen molar-refractivity contribution in [2.24, 2.45) is 11.7 Å². The SMILES string of the molecule is COCC(C)C(C)(N)c1cc(F)cc(F)c1. The first-order chi connectivity index (χ1) is 7.37. The number of hydrogen-bond acceptors (Lipinski definition) is 2. The summed E-state index contributed by atoms with van der Waals surface area (Å²) >= 11 is 0. The van der Waals surface area contributed by atoms with E-state index in [4.69, 9.17) is 10.5 Å². The number of halogens is 2. The minimum absolute atomic E-state index is 0.0429. The van der Waals surface area contributed by atoms with Gasteiger partial charge in [-0.05, 0) is 24.6 Å². The van der Waals surface area contributed by atoms with Gasteiger partial charge in [-0.15, -0.1) is 0 Å². The number of nitrogens with two attached hydrogens (primary N) is 1. The van der Waals surface area contributed by atoms with Crippen molar-refractivity contribution < 1.29 is 13.5 Å². The summed E-state index contributed by atoms with van der Waals surface area (Å²) in [4.78, 5) is 0. The Morgan fingerprint density at radius 1 is 1.31 bits per heavy atom. The van der Waals surface area contributed by atoms with Crippen LogP contribution in [-0.2, 0) is 10.3 Å². The molecule has 0 saturated heterocycles. The van der Waals surface area contributed by atoms with Gasteiger partial charge >= 0.3 is 0 Å². The van der Waals surface area contributed by atoms with Crippen LogP contribution in [0, 0.1) is 17.6 Å². The maximum atomic E-state index is 13.1. The van der Waals surface area contributed by atoms with Crippen molar-refractivity contribution in [3.63, 3.8) is 0 Å². The monoisotopic (exact) mass is 229 g/mol. The molecule has 0 aliphatic rings. The first-order valence-corrected chi connectivity index (χ1v) is 5.12. The molecule has 0 radical (unpaired) electrons. The summed E-state index contributed by atoms with van der Waals surface area (Å²) in [6.45, 7) is 4.06. The van der Waals surface area contributed by atoms with E-state index in [0.29, 0.717) is 12.2 Å². The van der Waals surface area contributed by atoms with Crippen LogP contribution in [0.2, 0.25) is 0 Å². The van der Waals surface area contributed by atoms with Crippen LogP contribution in [0.25, 0.3) is 0 Å². The fourth-order valence-electron chi connectivity index (χ4n) is 1.57. The lowest BCUT2D eigenvalue weighted by Gasteiger charge is -2.31. The number of ether oxygens (including phenoxy) is 1. The van der Waals surface area contributed by atoms with E-state index < -0.39 is 17.2 Å². The van der Waals surface area contributed by atoms with Crippen molar-refractivity contribution in [3.8, 4) is 0 Å². The van der Waals surface area contributed by atoms with Crippen molar-refractivity contribution in [1.82, 2.24) is 0 Å². The van der Waals surface area contributed by atoms with Crippen LogP contribution in [0.5, 0.6) is 0 Å². The second-order valence-corrected chi connectivity index (χ2v) is 4.30. The summed E-state index contributed by atoms with van der Waals surface area (Å²) in [6.07, 6.45) is 0. The Kier molecular flexibility index (Phi) is 3.99. The van der Waals surface area contributed by atoms with Crippen LogP contribution in [0.15, 0.2) is 18.2 Å². The van der Waals surface area contributed by atoms with Crippen LogP contribution < -0.4 is 5.73 Å². The van der Waals surface area contributed by atoms with Crippen molar-refractivity contribution in [2.45, 2.75) is 19.4 Å². The largest absolute Gasteiger partial charge is 0.384 e. The molecule has 2 N–H and O–H groups in total. The van der Waals surface area contributed by atoms with E-state index in [0.717, 1.165) is 6.07 Å². The van der Waals surface area contributed by atoms with Gasteiger partial charge in [0.2, 0.25) is 0 Å². The van der Waals surface area contributed by atoms with Crippen molar-refractivity contribution in [3.05, 3.63) is 35.4 Å². The van der Waals surface area contributed by atoms with Crippen molar-refractivity contribution >= 4 is 0 Å². The second kappa shape index (κ2) is 4.89. The van der Waals surface area contributed by atoms with Crippen LogP contribution >= 0.6 is 0 Å². The highest BCUT2D eigenvalue weighted by Crippen LogP contribution is 2.27. The fraction of sp³-hybridized carbons (Fsp3) is 0.500. The molecule has 0 spiro atoms. The van der Waals surface area contributed by atoms with Crippen LogP contribution in [-0.4, -0.2) is 13.7 Å². The number of rotatable bonds is 4. The van der Waals surface area contributed by atoms with E-state index >= 15 is 0 Å². The lowest BCUT2D eigenvalue weighted by Crippen LogP contribution is -2.42. The van der Waals surface area contributed by atoms with Crippen LogP contribution in [0.1, 0.15) is 19.4 Å². The minimum atomic E-state index is -0.820. The summed E-state index contributed by atoms with van der Waals surface area (Å²) < 4.78 is 31.2. The summed E-state index contributed by atoms with van der Waals surface area (Å²) in [5.41, 5.74) is 5.71. The third-order valence-electron chi connectivity index (χ3n) is 2.92. The molecular formula is C12H17F2NO. The fourth-order valence-corrected chi connectivity index (χ4v) is 1.57. The van der Waals surface area contributed by atoms with E-state index in [9.17, 15) is 8.78 Å². The minimum Gasteiger partial charge on any atom is -0.384 e. The zero-order valence-electron chi connectivity index (χ0n) is 9.76. The van der Waals surface area contributed by atoms with Gasteiger partial charge in [-0.3, -0.25) is 0 Å². The summed E-state index contributed by atoms with van der Waals surface area (Å²) in [6, 6.07) is 3.35. The highest BCUT2D eigenvalue weighted by Gasteiger charge is 2.29. The van der Waals surface area contributed by atoms with Crippen LogP contribution in [0.3, 0.4) is 0 Å². The van der Waals surface area contributed by atoms with E-state index in [1.54, 1.807) is 14.0 Å². The Bertz CT molecular complexity index is 346. The summed E-state index contributed by atoms with van der Waals surface area (Å²) in [5.74, 6) is -1.27. The lowest BCUT2D eigenvalue weighted by atomic mass is 9.82. The van der Waals surface area contributed by atoms with Crippen LogP contribution in [0.4, 0.5) is 8.78 Å². The lowest BCUT2D eigenvalue weighted by molar-refractivity contribution is 0.120. The molecule has 16 heavy (non-hydrogen) atoms. The molecule has 2 nitrogen and oxygen atoms in total. The second-order valence-electron chi connectivity index (χ2n) is 4.30. The van der Waals surface area contributed by atoms with Gasteiger partial charge in [-0.1, -0.05) is 6.92 Å². The number of methoxy groups -OCH3 is 1. The molecule has 2 unspecified atom stereocenters. The average Bonchev–Trinajstić information content (AvgIpc) is 2.16. The number of benzene rings is 1. The summed E-state index contributed by atoms with van der Waals surface area (Å²) in [7, 11) is 1.57. The van der Waals surface area contributed by atoms with E-state index in [1.165, 1.54) is 12.1 Å². The highest BCUT2D eigenvalue weighted by atomic mass is 19.1. The Balaban J connectivity index is 3.05. The van der Waals surface area contributed by atoms with Gasteiger partial charge < -0.3 is 10.5 Å². The van der Waals surface area contributed by atoms with Crippen molar-refractivity contribution in [1.29, 1.82) is 0 Å². The highest BCUT2D eigenvalue weighted by molar-refractivity contribution is 5.25. The molecule has 0 amide bonds. The maximum Gasteiger partial charge on any atom is 0.126 e. The van der Waals surface area contributed by atoms with Gasteiger partial charge in [0.05, 0.1) is 6.61 Å². The average molecular weight is 229 g/mol. The Morgan fingerprint density at radius 2 is 1.81 bits per heavy atom. The molecule has 0 aliphatic carbocycles. The van der Waals surface area contributed by atoms with Gasteiger partial charge in [0.25, 0.3) is 0 Å². The zero-order chi connectivity index (χ0) is 12.3. The van der Waals surface area contributed by atoms with E-state index in [1.807, 2.05) is 6.92 Å². The number of hydrogen-bond donors (Lipinski definition) is 1. The molecule has 0 fully saturated rings.